The topological polar surface area (TPSA) is 47.3 Å². The van der Waals surface area contributed by atoms with Gasteiger partial charge in [-0.25, -0.2) is 0 Å². The average molecular weight is 242 g/mol. The van der Waals surface area contributed by atoms with Crippen LogP contribution in [0.25, 0.3) is 0 Å². The van der Waals surface area contributed by atoms with Gasteiger partial charge in [0.2, 0.25) is 0 Å². The third-order valence-corrected chi connectivity index (χ3v) is 2.46. The van der Waals surface area contributed by atoms with E-state index in [0.29, 0.717) is 12.3 Å². The first kappa shape index (κ1) is 12.3. The highest BCUT2D eigenvalue weighted by Gasteiger charge is 2.00. The number of benzene rings is 2. The van der Waals surface area contributed by atoms with E-state index < -0.39 is 0 Å². The summed E-state index contributed by atoms with van der Waals surface area (Å²) in [7, 11) is 0. The predicted molar refractivity (Wildman–Crippen MR) is 76.4 cm³/mol. The van der Waals surface area contributed by atoms with Gasteiger partial charge >= 0.3 is 0 Å². The van der Waals surface area contributed by atoms with Crippen molar-refractivity contribution < 1.29 is 4.74 Å². The van der Waals surface area contributed by atoms with Crippen LogP contribution in [-0.2, 0) is 0 Å². The Balaban J connectivity index is 2.15. The van der Waals surface area contributed by atoms with Crippen LogP contribution in [0.2, 0.25) is 0 Å². The summed E-state index contributed by atoms with van der Waals surface area (Å²) in [6.07, 6.45) is 0.982. The number of rotatable bonds is 5. The molecule has 0 fully saturated rings. The molecule has 0 spiro atoms. The summed E-state index contributed by atoms with van der Waals surface area (Å²) >= 11 is 0. The summed E-state index contributed by atoms with van der Waals surface area (Å²) in [4.78, 5) is 0. The lowest BCUT2D eigenvalue weighted by Gasteiger charge is -2.10. The number of hydrogen-bond donors (Lipinski definition) is 2. The second-order valence-electron chi connectivity index (χ2n) is 4.13. The molecule has 0 atom stereocenters. The molecule has 3 heteroatoms. The molecule has 3 nitrogen and oxygen atoms in total. The molecular weight excluding hydrogens is 224 g/mol. The van der Waals surface area contributed by atoms with Crippen molar-refractivity contribution in [1.82, 2.24) is 0 Å². The molecule has 0 radical (unpaired) electrons. The molecule has 2 aromatic carbocycles. The second-order valence-corrected chi connectivity index (χ2v) is 4.13. The van der Waals surface area contributed by atoms with Gasteiger partial charge in [-0.05, 0) is 24.6 Å². The van der Waals surface area contributed by atoms with Crippen molar-refractivity contribution in [3.8, 4) is 5.75 Å². The molecule has 0 heterocycles. The van der Waals surface area contributed by atoms with Gasteiger partial charge in [0.15, 0.2) is 0 Å². The molecule has 0 saturated carbocycles. The monoisotopic (exact) mass is 242 g/mol. The lowest BCUT2D eigenvalue weighted by atomic mass is 10.2. The zero-order chi connectivity index (χ0) is 12.8. The first-order chi connectivity index (χ1) is 8.78. The van der Waals surface area contributed by atoms with E-state index in [0.717, 1.165) is 23.5 Å². The zero-order valence-electron chi connectivity index (χ0n) is 10.5. The van der Waals surface area contributed by atoms with Crippen molar-refractivity contribution in [1.29, 1.82) is 0 Å². The van der Waals surface area contributed by atoms with E-state index in [4.69, 9.17) is 10.5 Å². The highest BCUT2D eigenvalue weighted by molar-refractivity contribution is 5.66. The normalized spacial score (nSPS) is 10.1. The summed E-state index contributed by atoms with van der Waals surface area (Å²) in [6, 6.07) is 15.7. The largest absolute Gasteiger partial charge is 0.493 e. The highest BCUT2D eigenvalue weighted by Crippen LogP contribution is 2.25. The van der Waals surface area contributed by atoms with Crippen LogP contribution in [-0.4, -0.2) is 6.61 Å². The Bertz CT molecular complexity index is 497. The first-order valence-corrected chi connectivity index (χ1v) is 6.13. The molecule has 0 amide bonds. The van der Waals surface area contributed by atoms with Crippen LogP contribution in [0.1, 0.15) is 13.3 Å². The minimum Gasteiger partial charge on any atom is -0.493 e. The Morgan fingerprint density at radius 2 is 1.83 bits per heavy atom. The second kappa shape index (κ2) is 5.96. The summed E-state index contributed by atoms with van der Waals surface area (Å²) in [6.45, 7) is 2.78. The maximum absolute atomic E-state index is 5.86. The van der Waals surface area contributed by atoms with Crippen LogP contribution in [0.5, 0.6) is 5.75 Å². The number of ether oxygens (including phenoxy) is 1. The summed E-state index contributed by atoms with van der Waals surface area (Å²) in [5.41, 5.74) is 8.53. The maximum Gasteiger partial charge on any atom is 0.123 e. The standard InChI is InChI=1S/C15H18N2O/c1-2-8-18-15-10-12(16)9-14(11-15)17-13-6-4-3-5-7-13/h3-7,9-11,17H,2,8,16H2,1H3. The lowest BCUT2D eigenvalue weighted by Crippen LogP contribution is -1.98. The van der Waals surface area contributed by atoms with E-state index in [1.54, 1.807) is 0 Å². The van der Waals surface area contributed by atoms with E-state index in [1.807, 2.05) is 48.5 Å². The number of nitrogens with one attached hydrogen (secondary N) is 1. The van der Waals surface area contributed by atoms with Crippen molar-refractivity contribution >= 4 is 17.1 Å². The molecule has 0 aliphatic rings. The third-order valence-electron chi connectivity index (χ3n) is 2.46. The molecule has 3 N–H and O–H groups in total. The Morgan fingerprint density at radius 1 is 1.06 bits per heavy atom. The summed E-state index contributed by atoms with van der Waals surface area (Å²) in [5.74, 6) is 0.801. The summed E-state index contributed by atoms with van der Waals surface area (Å²) in [5, 5.41) is 3.30. The fourth-order valence-electron chi connectivity index (χ4n) is 1.69. The molecule has 0 aliphatic carbocycles. The van der Waals surface area contributed by atoms with Gasteiger partial charge in [0, 0.05) is 29.2 Å². The van der Waals surface area contributed by atoms with Crippen LogP contribution < -0.4 is 15.8 Å². The van der Waals surface area contributed by atoms with E-state index in [2.05, 4.69) is 12.2 Å². The summed E-state index contributed by atoms with van der Waals surface area (Å²) < 4.78 is 5.59. The van der Waals surface area contributed by atoms with Gasteiger partial charge in [0.25, 0.3) is 0 Å². The molecule has 2 rings (SSSR count). The maximum atomic E-state index is 5.86. The van der Waals surface area contributed by atoms with Crippen LogP contribution in [0, 0.1) is 0 Å². The molecule has 0 bridgehead atoms. The van der Waals surface area contributed by atoms with E-state index in [9.17, 15) is 0 Å². The van der Waals surface area contributed by atoms with Crippen molar-refractivity contribution in [2.24, 2.45) is 0 Å². The molecule has 0 aliphatic heterocycles. The SMILES string of the molecule is CCCOc1cc(N)cc(Nc2ccccc2)c1. The zero-order valence-corrected chi connectivity index (χ0v) is 10.5. The molecule has 0 unspecified atom stereocenters. The number of hydrogen-bond acceptors (Lipinski definition) is 3. The van der Waals surface area contributed by atoms with E-state index >= 15 is 0 Å². The quantitative estimate of drug-likeness (QED) is 0.784. The van der Waals surface area contributed by atoms with E-state index in [1.165, 1.54) is 0 Å². The number of para-hydroxylation sites is 1. The lowest BCUT2D eigenvalue weighted by molar-refractivity contribution is 0.318. The Morgan fingerprint density at radius 3 is 2.56 bits per heavy atom. The molecule has 18 heavy (non-hydrogen) atoms. The van der Waals surface area contributed by atoms with Crippen LogP contribution in [0.4, 0.5) is 17.1 Å². The van der Waals surface area contributed by atoms with Crippen molar-refractivity contribution in [3.05, 3.63) is 48.5 Å². The first-order valence-electron chi connectivity index (χ1n) is 6.13. The fourth-order valence-corrected chi connectivity index (χ4v) is 1.69. The molecule has 0 aromatic heterocycles. The third kappa shape index (κ3) is 3.42. The number of nitrogen functional groups attached to an aromatic ring is 1. The smallest absolute Gasteiger partial charge is 0.123 e. The van der Waals surface area contributed by atoms with Gasteiger partial charge < -0.3 is 15.8 Å². The fraction of sp³-hybridized carbons (Fsp3) is 0.200. The van der Waals surface area contributed by atoms with Gasteiger partial charge in [0.1, 0.15) is 5.75 Å². The van der Waals surface area contributed by atoms with Gasteiger partial charge in [-0.3, -0.25) is 0 Å². The Labute approximate surface area is 108 Å². The predicted octanol–water partition coefficient (Wildman–Crippen LogP) is 3.80. The molecular formula is C15H18N2O. The van der Waals surface area contributed by atoms with Gasteiger partial charge in [-0.2, -0.15) is 0 Å². The van der Waals surface area contributed by atoms with Gasteiger partial charge in [-0.15, -0.1) is 0 Å². The minimum absolute atomic E-state index is 0.696. The average Bonchev–Trinajstić information content (AvgIpc) is 2.37. The van der Waals surface area contributed by atoms with Gasteiger partial charge in [0.05, 0.1) is 6.61 Å². The van der Waals surface area contributed by atoms with Crippen molar-refractivity contribution in [3.63, 3.8) is 0 Å². The van der Waals surface area contributed by atoms with Crippen molar-refractivity contribution in [2.75, 3.05) is 17.7 Å². The number of anilines is 3. The molecule has 2 aromatic rings. The molecule has 0 saturated heterocycles. The molecule has 94 valence electrons. The highest BCUT2D eigenvalue weighted by atomic mass is 16.5. The van der Waals surface area contributed by atoms with E-state index in [-0.39, 0.29) is 0 Å². The minimum atomic E-state index is 0.696. The Kier molecular flexibility index (Phi) is 4.07. The van der Waals surface area contributed by atoms with Crippen molar-refractivity contribution in [2.45, 2.75) is 13.3 Å². The van der Waals surface area contributed by atoms with Crippen LogP contribution >= 0.6 is 0 Å². The van der Waals surface area contributed by atoms with Crippen LogP contribution in [0.3, 0.4) is 0 Å². The number of nitrogens with two attached hydrogens (primary N) is 1. The van der Waals surface area contributed by atoms with Crippen LogP contribution in [0.15, 0.2) is 48.5 Å². The van der Waals surface area contributed by atoms with Gasteiger partial charge in [-0.1, -0.05) is 25.1 Å². The Hall–Kier alpha value is -2.16.